The van der Waals surface area contributed by atoms with E-state index >= 15 is 0 Å². The van der Waals surface area contributed by atoms with Crippen LogP contribution >= 0.6 is 0 Å². The fourth-order valence-electron chi connectivity index (χ4n) is 4.34. The van der Waals surface area contributed by atoms with Gasteiger partial charge in [0.2, 0.25) is 0 Å². The molecular formula is C20H35N5O2. The highest BCUT2D eigenvalue weighted by Gasteiger charge is 2.34. The van der Waals surface area contributed by atoms with E-state index in [2.05, 4.69) is 32.2 Å². The normalized spacial score (nSPS) is 21.0. The van der Waals surface area contributed by atoms with Gasteiger partial charge in [-0.1, -0.05) is 18.0 Å². The molecule has 0 atom stereocenters. The number of aromatic nitrogens is 1. The van der Waals surface area contributed by atoms with Gasteiger partial charge in [-0.15, -0.1) is 0 Å². The number of nitrogens with zero attached hydrogens (tertiary/aromatic N) is 4. The lowest BCUT2D eigenvalue weighted by Gasteiger charge is -2.37. The zero-order chi connectivity index (χ0) is 19.0. The molecule has 1 aromatic heterocycles. The Labute approximate surface area is 163 Å². The van der Waals surface area contributed by atoms with Crippen molar-refractivity contribution < 1.29 is 9.26 Å². The third kappa shape index (κ3) is 5.69. The zero-order valence-corrected chi connectivity index (χ0v) is 17.0. The van der Waals surface area contributed by atoms with Gasteiger partial charge < -0.3 is 19.5 Å². The Kier molecular flexibility index (Phi) is 7.52. The molecule has 0 spiro atoms. The molecule has 3 rings (SSSR count). The Morgan fingerprint density at radius 1 is 1.30 bits per heavy atom. The fraction of sp³-hybridized carbons (Fsp3) is 0.800. The summed E-state index contributed by atoms with van der Waals surface area (Å²) in [5.74, 6) is 1.04. The third-order valence-electron chi connectivity index (χ3n) is 6.03. The van der Waals surface area contributed by atoms with Gasteiger partial charge >= 0.3 is 0 Å². The van der Waals surface area contributed by atoms with Gasteiger partial charge in [0.05, 0.1) is 5.69 Å². The maximum absolute atomic E-state index is 5.64. The predicted octanol–water partition coefficient (Wildman–Crippen LogP) is 2.35. The van der Waals surface area contributed by atoms with Crippen LogP contribution in [0.2, 0.25) is 0 Å². The van der Waals surface area contributed by atoms with Crippen molar-refractivity contribution in [2.45, 2.75) is 45.6 Å². The van der Waals surface area contributed by atoms with E-state index in [4.69, 9.17) is 9.26 Å². The number of ether oxygens (including phenoxy) is 1. The average molecular weight is 378 g/mol. The molecule has 2 fully saturated rings. The van der Waals surface area contributed by atoms with Gasteiger partial charge in [-0.05, 0) is 31.6 Å². The third-order valence-corrected chi connectivity index (χ3v) is 6.03. The van der Waals surface area contributed by atoms with Crippen molar-refractivity contribution in [2.75, 3.05) is 53.0 Å². The summed E-state index contributed by atoms with van der Waals surface area (Å²) in [7, 11) is 1.89. The van der Waals surface area contributed by atoms with Gasteiger partial charge in [-0.2, -0.15) is 0 Å². The van der Waals surface area contributed by atoms with Crippen LogP contribution in [-0.4, -0.2) is 73.9 Å². The molecule has 27 heavy (non-hydrogen) atoms. The van der Waals surface area contributed by atoms with Crippen molar-refractivity contribution in [2.24, 2.45) is 10.4 Å². The van der Waals surface area contributed by atoms with E-state index in [0.29, 0.717) is 5.41 Å². The Morgan fingerprint density at radius 3 is 2.70 bits per heavy atom. The maximum atomic E-state index is 5.64. The van der Waals surface area contributed by atoms with Crippen molar-refractivity contribution in [3.63, 3.8) is 0 Å². The quantitative estimate of drug-likeness (QED) is 0.426. The maximum Gasteiger partial charge on any atom is 0.193 e. The molecule has 0 amide bonds. The van der Waals surface area contributed by atoms with Crippen molar-refractivity contribution in [1.29, 1.82) is 0 Å². The van der Waals surface area contributed by atoms with Crippen LogP contribution in [0.15, 0.2) is 21.8 Å². The van der Waals surface area contributed by atoms with Gasteiger partial charge in [0.1, 0.15) is 6.26 Å². The van der Waals surface area contributed by atoms with Crippen LogP contribution < -0.4 is 5.32 Å². The van der Waals surface area contributed by atoms with Crippen molar-refractivity contribution in [3.8, 4) is 0 Å². The number of piperazine rings is 1. The number of rotatable bonds is 8. The molecular weight excluding hydrogens is 342 g/mol. The molecule has 2 aliphatic rings. The van der Waals surface area contributed by atoms with Crippen LogP contribution in [0.1, 0.15) is 44.7 Å². The summed E-state index contributed by atoms with van der Waals surface area (Å²) in [6.45, 7) is 9.63. The Balaban J connectivity index is 1.46. The number of aliphatic imine (C=N–C) groups is 1. The summed E-state index contributed by atoms with van der Waals surface area (Å²) in [4.78, 5) is 9.35. The van der Waals surface area contributed by atoms with E-state index < -0.39 is 0 Å². The summed E-state index contributed by atoms with van der Waals surface area (Å²) in [6, 6.07) is 1.94. The molecule has 0 aromatic carbocycles. The zero-order valence-electron chi connectivity index (χ0n) is 17.0. The molecule has 1 saturated heterocycles. The van der Waals surface area contributed by atoms with Crippen LogP contribution in [0.3, 0.4) is 0 Å². The summed E-state index contributed by atoms with van der Waals surface area (Å²) < 4.78 is 10.6. The van der Waals surface area contributed by atoms with Crippen LogP contribution in [0.5, 0.6) is 0 Å². The monoisotopic (exact) mass is 377 g/mol. The molecule has 2 heterocycles. The summed E-state index contributed by atoms with van der Waals surface area (Å²) in [6.07, 6.45) is 8.07. The predicted molar refractivity (Wildman–Crippen MR) is 107 cm³/mol. The summed E-state index contributed by atoms with van der Waals surface area (Å²) >= 11 is 0. The fourth-order valence-corrected chi connectivity index (χ4v) is 4.34. The highest BCUT2D eigenvalue weighted by atomic mass is 16.5. The van der Waals surface area contributed by atoms with Crippen LogP contribution in [0, 0.1) is 5.41 Å². The second-order valence-corrected chi connectivity index (χ2v) is 7.81. The lowest BCUT2D eigenvalue weighted by molar-refractivity contribution is 0.104. The largest absolute Gasteiger partial charge is 0.382 e. The van der Waals surface area contributed by atoms with E-state index in [0.717, 1.165) is 70.6 Å². The molecule has 1 aliphatic heterocycles. The van der Waals surface area contributed by atoms with E-state index in [-0.39, 0.29) is 0 Å². The Morgan fingerprint density at radius 2 is 2.07 bits per heavy atom. The van der Waals surface area contributed by atoms with Gasteiger partial charge in [-0.3, -0.25) is 9.89 Å². The average Bonchev–Trinajstić information content (AvgIpc) is 3.36. The molecule has 0 bridgehead atoms. The van der Waals surface area contributed by atoms with E-state index in [1.165, 1.54) is 25.7 Å². The van der Waals surface area contributed by atoms with Gasteiger partial charge in [0.15, 0.2) is 5.96 Å². The van der Waals surface area contributed by atoms with Crippen LogP contribution in [0.4, 0.5) is 0 Å². The minimum atomic E-state index is 0.375. The molecule has 1 aromatic rings. The summed E-state index contributed by atoms with van der Waals surface area (Å²) in [5.41, 5.74) is 1.38. The topological polar surface area (TPSA) is 66.1 Å². The van der Waals surface area contributed by atoms with Gasteiger partial charge in [0, 0.05) is 65.6 Å². The molecule has 1 N–H and O–H groups in total. The van der Waals surface area contributed by atoms with Crippen molar-refractivity contribution in [3.05, 3.63) is 18.0 Å². The molecule has 1 aliphatic carbocycles. The van der Waals surface area contributed by atoms with Crippen LogP contribution in [0.25, 0.3) is 0 Å². The molecule has 152 valence electrons. The van der Waals surface area contributed by atoms with Gasteiger partial charge in [0.25, 0.3) is 0 Å². The molecule has 0 radical (unpaired) electrons. The Bertz CT molecular complexity index is 561. The van der Waals surface area contributed by atoms with E-state index in [1.54, 1.807) is 6.26 Å². The molecule has 7 nitrogen and oxygen atoms in total. The van der Waals surface area contributed by atoms with E-state index in [1.807, 2.05) is 13.1 Å². The minimum absolute atomic E-state index is 0.375. The summed E-state index contributed by atoms with van der Waals surface area (Å²) in [5, 5.41) is 7.70. The number of nitrogens with one attached hydrogen (secondary N) is 1. The second kappa shape index (κ2) is 10.1. The van der Waals surface area contributed by atoms with Crippen LogP contribution in [-0.2, 0) is 11.3 Å². The molecule has 7 heteroatoms. The standard InChI is InChI=1S/C20H35N5O2/c1-3-26-15-9-20(7-4-5-8-20)17-22-19(21-2)25-12-10-24(11-13-25)16-18-6-14-27-23-18/h6,14H,3-5,7-13,15-17H2,1-2H3,(H,21,22). The molecule has 0 unspecified atom stereocenters. The molecule has 1 saturated carbocycles. The van der Waals surface area contributed by atoms with E-state index in [9.17, 15) is 0 Å². The first-order valence-electron chi connectivity index (χ1n) is 10.4. The van der Waals surface area contributed by atoms with Gasteiger partial charge in [-0.25, -0.2) is 0 Å². The highest BCUT2D eigenvalue weighted by Crippen LogP contribution is 2.40. The lowest BCUT2D eigenvalue weighted by atomic mass is 9.83. The second-order valence-electron chi connectivity index (χ2n) is 7.81. The van der Waals surface area contributed by atoms with Crippen molar-refractivity contribution >= 4 is 5.96 Å². The lowest BCUT2D eigenvalue weighted by Crippen LogP contribution is -2.53. The first-order valence-corrected chi connectivity index (χ1v) is 10.4. The first kappa shape index (κ1) is 20.1. The smallest absolute Gasteiger partial charge is 0.193 e. The van der Waals surface area contributed by atoms with Crippen molar-refractivity contribution in [1.82, 2.24) is 20.3 Å². The number of hydrogen-bond acceptors (Lipinski definition) is 5. The number of guanidine groups is 1. The SMILES string of the molecule is CCOCCC1(CNC(=NC)N2CCN(Cc3ccon3)CC2)CCCC1. The Hall–Kier alpha value is -1.60. The number of hydrogen-bond donors (Lipinski definition) is 1. The minimum Gasteiger partial charge on any atom is -0.382 e. The highest BCUT2D eigenvalue weighted by molar-refractivity contribution is 5.80. The first-order chi connectivity index (χ1) is 13.2.